The van der Waals surface area contributed by atoms with E-state index in [2.05, 4.69) is 45.3 Å². The summed E-state index contributed by atoms with van der Waals surface area (Å²) in [7, 11) is 2.18. The van der Waals surface area contributed by atoms with Gasteiger partial charge in [0.25, 0.3) is 0 Å². The minimum atomic E-state index is 0.111. The first-order valence-corrected chi connectivity index (χ1v) is 6.88. The summed E-state index contributed by atoms with van der Waals surface area (Å²) in [5.74, 6) is 0. The Morgan fingerprint density at radius 2 is 2.41 bits per heavy atom. The first-order valence-electron chi connectivity index (χ1n) is 6.09. The third-order valence-corrected chi connectivity index (χ3v) is 3.94. The quantitative estimate of drug-likeness (QED) is 0.893. The molecule has 4 heteroatoms. The number of hydrogen-bond acceptors (Lipinski definition) is 3. The van der Waals surface area contributed by atoms with Gasteiger partial charge in [-0.25, -0.2) is 0 Å². The Labute approximate surface area is 111 Å². The van der Waals surface area contributed by atoms with E-state index in [4.69, 9.17) is 5.73 Å². The number of halogens is 1. The standard InChI is InChI=1S/C13H20BrN3/c1-17-6-5-16-9-12(17)8-13(15)10-3-2-4-11(14)7-10/h2-4,7,12-13,16H,5-6,8-9,15H2,1H3. The van der Waals surface area contributed by atoms with Crippen LogP contribution in [0.25, 0.3) is 0 Å². The highest BCUT2D eigenvalue weighted by atomic mass is 79.9. The van der Waals surface area contributed by atoms with Gasteiger partial charge in [-0.2, -0.15) is 0 Å². The molecule has 0 aromatic heterocycles. The lowest BCUT2D eigenvalue weighted by molar-refractivity contribution is 0.182. The van der Waals surface area contributed by atoms with Crippen LogP contribution in [-0.4, -0.2) is 37.6 Å². The highest BCUT2D eigenvalue weighted by Crippen LogP contribution is 2.21. The number of benzene rings is 1. The number of nitrogens with one attached hydrogen (secondary N) is 1. The van der Waals surface area contributed by atoms with Crippen molar-refractivity contribution in [3.05, 3.63) is 34.3 Å². The second-order valence-electron chi connectivity index (χ2n) is 4.74. The fraction of sp³-hybridized carbons (Fsp3) is 0.538. The molecule has 3 nitrogen and oxygen atoms in total. The van der Waals surface area contributed by atoms with Crippen LogP contribution >= 0.6 is 15.9 Å². The molecule has 0 radical (unpaired) electrons. The zero-order valence-corrected chi connectivity index (χ0v) is 11.8. The maximum Gasteiger partial charge on any atom is 0.0310 e. The van der Waals surface area contributed by atoms with Gasteiger partial charge in [0.05, 0.1) is 0 Å². The van der Waals surface area contributed by atoms with E-state index >= 15 is 0 Å². The van der Waals surface area contributed by atoms with Gasteiger partial charge in [-0.3, -0.25) is 0 Å². The highest BCUT2D eigenvalue weighted by molar-refractivity contribution is 9.10. The van der Waals surface area contributed by atoms with Crippen LogP contribution in [0.2, 0.25) is 0 Å². The summed E-state index contributed by atoms with van der Waals surface area (Å²) in [6, 6.07) is 8.94. The molecule has 1 heterocycles. The van der Waals surface area contributed by atoms with E-state index in [1.165, 1.54) is 5.56 Å². The number of piperazine rings is 1. The minimum absolute atomic E-state index is 0.111. The van der Waals surface area contributed by atoms with Crippen molar-refractivity contribution >= 4 is 15.9 Å². The number of nitrogens with two attached hydrogens (primary N) is 1. The molecule has 1 saturated heterocycles. The van der Waals surface area contributed by atoms with Gasteiger partial charge in [0.2, 0.25) is 0 Å². The Balaban J connectivity index is 1.98. The predicted molar refractivity (Wildman–Crippen MR) is 75.0 cm³/mol. The Kier molecular flexibility index (Phi) is 4.56. The minimum Gasteiger partial charge on any atom is -0.324 e. The molecule has 1 aromatic carbocycles. The van der Waals surface area contributed by atoms with Crippen molar-refractivity contribution in [1.29, 1.82) is 0 Å². The summed E-state index contributed by atoms with van der Waals surface area (Å²) < 4.78 is 1.10. The Morgan fingerprint density at radius 1 is 1.59 bits per heavy atom. The maximum absolute atomic E-state index is 6.28. The van der Waals surface area contributed by atoms with Crippen molar-refractivity contribution in [3.8, 4) is 0 Å². The lowest BCUT2D eigenvalue weighted by Crippen LogP contribution is -2.50. The van der Waals surface area contributed by atoms with E-state index in [9.17, 15) is 0 Å². The summed E-state index contributed by atoms with van der Waals surface area (Å²) in [5, 5.41) is 3.43. The monoisotopic (exact) mass is 297 g/mol. The Hall–Kier alpha value is -0.420. The van der Waals surface area contributed by atoms with Crippen molar-refractivity contribution in [2.75, 3.05) is 26.7 Å². The number of likely N-dealkylation sites (N-methyl/N-ethyl adjacent to an activating group) is 1. The van der Waals surface area contributed by atoms with Crippen LogP contribution in [0.3, 0.4) is 0 Å². The van der Waals surface area contributed by atoms with E-state index in [1.54, 1.807) is 0 Å². The van der Waals surface area contributed by atoms with Gasteiger partial charge in [-0.05, 0) is 31.2 Å². The van der Waals surface area contributed by atoms with Crippen LogP contribution < -0.4 is 11.1 Å². The average Bonchev–Trinajstić information content (AvgIpc) is 2.32. The van der Waals surface area contributed by atoms with Crippen molar-refractivity contribution in [1.82, 2.24) is 10.2 Å². The van der Waals surface area contributed by atoms with Crippen molar-refractivity contribution in [2.45, 2.75) is 18.5 Å². The molecule has 1 aromatic rings. The van der Waals surface area contributed by atoms with E-state index in [0.29, 0.717) is 6.04 Å². The van der Waals surface area contributed by atoms with Crippen LogP contribution in [0, 0.1) is 0 Å². The van der Waals surface area contributed by atoms with Gasteiger partial charge in [0, 0.05) is 36.2 Å². The molecule has 2 rings (SSSR count). The largest absolute Gasteiger partial charge is 0.324 e. The molecule has 0 amide bonds. The first-order chi connectivity index (χ1) is 8.16. The van der Waals surface area contributed by atoms with E-state index in [0.717, 1.165) is 30.5 Å². The van der Waals surface area contributed by atoms with E-state index < -0.39 is 0 Å². The Morgan fingerprint density at radius 3 is 3.12 bits per heavy atom. The summed E-state index contributed by atoms with van der Waals surface area (Å²) >= 11 is 3.49. The molecular formula is C13H20BrN3. The predicted octanol–water partition coefficient (Wildman–Crippen LogP) is 1.74. The Bertz CT molecular complexity index is 369. The molecule has 0 saturated carbocycles. The molecule has 3 N–H and O–H groups in total. The summed E-state index contributed by atoms with van der Waals surface area (Å²) in [6.07, 6.45) is 1.000. The fourth-order valence-electron chi connectivity index (χ4n) is 2.29. The highest BCUT2D eigenvalue weighted by Gasteiger charge is 2.21. The van der Waals surface area contributed by atoms with Gasteiger partial charge >= 0.3 is 0 Å². The van der Waals surface area contributed by atoms with Gasteiger partial charge in [-0.1, -0.05) is 28.1 Å². The summed E-state index contributed by atoms with van der Waals surface area (Å²) in [6.45, 7) is 3.23. The van der Waals surface area contributed by atoms with Crippen LogP contribution in [0.4, 0.5) is 0 Å². The van der Waals surface area contributed by atoms with Crippen LogP contribution in [0.15, 0.2) is 28.7 Å². The zero-order valence-electron chi connectivity index (χ0n) is 10.2. The lowest BCUT2D eigenvalue weighted by atomic mass is 9.98. The number of nitrogens with zero attached hydrogens (tertiary/aromatic N) is 1. The van der Waals surface area contributed by atoms with Crippen LogP contribution in [0.5, 0.6) is 0 Å². The first kappa shape index (κ1) is 13.0. The summed E-state index contributed by atoms with van der Waals surface area (Å²) in [4.78, 5) is 2.40. The number of hydrogen-bond donors (Lipinski definition) is 2. The molecule has 94 valence electrons. The molecule has 0 spiro atoms. The van der Waals surface area contributed by atoms with Crippen LogP contribution in [-0.2, 0) is 0 Å². The third-order valence-electron chi connectivity index (χ3n) is 3.45. The lowest BCUT2D eigenvalue weighted by Gasteiger charge is -2.34. The van der Waals surface area contributed by atoms with Gasteiger partial charge in [0.1, 0.15) is 0 Å². The van der Waals surface area contributed by atoms with Crippen LogP contribution in [0.1, 0.15) is 18.0 Å². The molecule has 17 heavy (non-hydrogen) atoms. The van der Waals surface area contributed by atoms with Crippen molar-refractivity contribution in [3.63, 3.8) is 0 Å². The van der Waals surface area contributed by atoms with Crippen molar-refractivity contribution in [2.24, 2.45) is 5.73 Å². The normalized spacial score (nSPS) is 23.6. The van der Waals surface area contributed by atoms with Gasteiger partial charge < -0.3 is 16.0 Å². The fourth-order valence-corrected chi connectivity index (χ4v) is 2.71. The molecule has 2 unspecified atom stereocenters. The molecule has 2 atom stereocenters. The van der Waals surface area contributed by atoms with E-state index in [-0.39, 0.29) is 6.04 Å². The number of rotatable bonds is 3. The van der Waals surface area contributed by atoms with Crippen molar-refractivity contribution < 1.29 is 0 Å². The SMILES string of the molecule is CN1CCNCC1CC(N)c1cccc(Br)c1. The van der Waals surface area contributed by atoms with Gasteiger partial charge in [-0.15, -0.1) is 0 Å². The van der Waals surface area contributed by atoms with Gasteiger partial charge in [0.15, 0.2) is 0 Å². The molecular weight excluding hydrogens is 278 g/mol. The molecule has 1 aliphatic heterocycles. The maximum atomic E-state index is 6.28. The molecule has 1 fully saturated rings. The second-order valence-corrected chi connectivity index (χ2v) is 5.65. The molecule has 0 aliphatic carbocycles. The average molecular weight is 298 g/mol. The second kappa shape index (κ2) is 5.96. The molecule has 0 bridgehead atoms. The third kappa shape index (κ3) is 3.52. The smallest absolute Gasteiger partial charge is 0.0310 e. The summed E-state index contributed by atoms with van der Waals surface area (Å²) in [5.41, 5.74) is 7.49. The zero-order chi connectivity index (χ0) is 12.3. The molecule has 1 aliphatic rings. The topological polar surface area (TPSA) is 41.3 Å². The van der Waals surface area contributed by atoms with E-state index in [1.807, 2.05) is 12.1 Å².